The number of nitrogens with one attached hydrogen (secondary N) is 2. The molecule has 3 rings (SSSR count). The minimum Gasteiger partial charge on any atom is -0.350 e. The van der Waals surface area contributed by atoms with Crippen LogP contribution in [-0.2, 0) is 27.9 Å². The summed E-state index contributed by atoms with van der Waals surface area (Å²) in [5, 5.41) is 5.36. The van der Waals surface area contributed by atoms with Gasteiger partial charge in [0.1, 0.15) is 0 Å². The van der Waals surface area contributed by atoms with E-state index in [2.05, 4.69) is 39.6 Å². The smallest absolute Gasteiger partial charge is 0.251 e. The van der Waals surface area contributed by atoms with E-state index >= 15 is 0 Å². The monoisotopic (exact) mass is 487 g/mol. The van der Waals surface area contributed by atoms with E-state index in [0.717, 1.165) is 42.6 Å². The van der Waals surface area contributed by atoms with E-state index in [4.69, 9.17) is 0 Å². The normalized spacial score (nSPS) is 15.3. The Morgan fingerprint density at radius 1 is 0.941 bits per heavy atom. The van der Waals surface area contributed by atoms with Crippen LogP contribution in [0.5, 0.6) is 0 Å². The minimum atomic E-state index is -3.65. The molecule has 34 heavy (non-hydrogen) atoms. The van der Waals surface area contributed by atoms with Gasteiger partial charge in [-0.25, -0.2) is 12.7 Å². The first-order valence-electron chi connectivity index (χ1n) is 11.2. The Bertz CT molecular complexity index is 1110. The number of hydrogen-bond donors (Lipinski definition) is 2. The van der Waals surface area contributed by atoms with Gasteiger partial charge in [0.25, 0.3) is 5.91 Å². The van der Waals surface area contributed by atoms with Crippen LogP contribution in [0.3, 0.4) is 0 Å². The van der Waals surface area contributed by atoms with Crippen LogP contribution in [0.25, 0.3) is 0 Å². The van der Waals surface area contributed by atoms with Crippen molar-refractivity contribution in [1.29, 1.82) is 0 Å². The van der Waals surface area contributed by atoms with Gasteiger partial charge in [-0.3, -0.25) is 14.5 Å². The van der Waals surface area contributed by atoms with Crippen LogP contribution < -0.4 is 10.6 Å². The first-order chi connectivity index (χ1) is 16.1. The summed E-state index contributed by atoms with van der Waals surface area (Å²) in [6.07, 6.45) is 0. The van der Waals surface area contributed by atoms with Crippen LogP contribution in [0.2, 0.25) is 0 Å². The first kappa shape index (κ1) is 25.8. The molecular formula is C24H33N5O4S. The molecule has 0 aromatic heterocycles. The van der Waals surface area contributed by atoms with Gasteiger partial charge in [-0.15, -0.1) is 0 Å². The SMILES string of the molecule is CN1CCN(Cc2cccc(CNC(=O)CNC(=O)c3cccc(S(=O)(=O)N(C)C)c3)c2)CC1. The number of benzene rings is 2. The molecule has 9 nitrogen and oxygen atoms in total. The highest BCUT2D eigenvalue weighted by Crippen LogP contribution is 2.15. The number of carbonyl (C=O) groups is 2. The zero-order valence-electron chi connectivity index (χ0n) is 20.0. The van der Waals surface area contributed by atoms with E-state index in [1.54, 1.807) is 0 Å². The fourth-order valence-electron chi connectivity index (χ4n) is 3.64. The van der Waals surface area contributed by atoms with Crippen LogP contribution in [-0.4, -0.2) is 88.2 Å². The lowest BCUT2D eigenvalue weighted by Crippen LogP contribution is -2.43. The second kappa shape index (κ2) is 11.6. The van der Waals surface area contributed by atoms with E-state index in [1.807, 2.05) is 12.1 Å². The molecule has 1 aliphatic rings. The Morgan fingerprint density at radius 3 is 2.32 bits per heavy atom. The number of carbonyl (C=O) groups excluding carboxylic acids is 2. The standard InChI is InChI=1S/C24H33N5O4S/c1-27(2)34(32,33)22-9-5-8-21(15-22)24(31)26-17-23(30)25-16-19-6-4-7-20(14-19)18-29-12-10-28(3)11-13-29/h4-9,14-15H,10-13,16-18H2,1-3H3,(H,25,30)(H,26,31). The van der Waals surface area contributed by atoms with Crippen LogP contribution in [0.1, 0.15) is 21.5 Å². The summed E-state index contributed by atoms with van der Waals surface area (Å²) < 4.78 is 25.6. The predicted molar refractivity (Wildman–Crippen MR) is 131 cm³/mol. The van der Waals surface area contributed by atoms with E-state index in [9.17, 15) is 18.0 Å². The molecule has 0 aliphatic carbocycles. The van der Waals surface area contributed by atoms with E-state index < -0.39 is 15.9 Å². The Hall–Kier alpha value is -2.79. The van der Waals surface area contributed by atoms with Gasteiger partial charge in [0.2, 0.25) is 15.9 Å². The third-order valence-electron chi connectivity index (χ3n) is 5.77. The molecule has 1 heterocycles. The molecule has 2 aromatic carbocycles. The Kier molecular flexibility index (Phi) is 8.78. The van der Waals surface area contributed by atoms with Gasteiger partial charge in [-0.05, 0) is 36.4 Å². The van der Waals surface area contributed by atoms with Gasteiger partial charge in [-0.2, -0.15) is 0 Å². The highest BCUT2D eigenvalue weighted by atomic mass is 32.2. The lowest BCUT2D eigenvalue weighted by atomic mass is 10.1. The molecule has 0 unspecified atom stereocenters. The van der Waals surface area contributed by atoms with Crippen molar-refractivity contribution < 1.29 is 18.0 Å². The third-order valence-corrected chi connectivity index (χ3v) is 7.58. The maximum atomic E-state index is 12.4. The summed E-state index contributed by atoms with van der Waals surface area (Å²) in [6.45, 7) is 5.26. The highest BCUT2D eigenvalue weighted by molar-refractivity contribution is 7.89. The van der Waals surface area contributed by atoms with Crippen LogP contribution >= 0.6 is 0 Å². The average molecular weight is 488 g/mol. The molecule has 2 amide bonds. The van der Waals surface area contributed by atoms with Crippen molar-refractivity contribution in [2.24, 2.45) is 0 Å². The molecule has 2 N–H and O–H groups in total. The molecular weight excluding hydrogens is 454 g/mol. The minimum absolute atomic E-state index is 0.0195. The second-order valence-corrected chi connectivity index (χ2v) is 10.8. The fourth-order valence-corrected chi connectivity index (χ4v) is 4.58. The zero-order chi connectivity index (χ0) is 24.7. The number of hydrogen-bond acceptors (Lipinski definition) is 6. The van der Waals surface area contributed by atoms with E-state index in [1.165, 1.54) is 43.9 Å². The molecule has 1 aliphatic heterocycles. The van der Waals surface area contributed by atoms with Crippen molar-refractivity contribution in [2.45, 2.75) is 18.0 Å². The van der Waals surface area contributed by atoms with Gasteiger partial charge in [0.15, 0.2) is 0 Å². The van der Waals surface area contributed by atoms with E-state index in [0.29, 0.717) is 6.54 Å². The van der Waals surface area contributed by atoms with Crippen molar-refractivity contribution in [2.75, 3.05) is 53.9 Å². The molecule has 0 atom stereocenters. The molecule has 0 radical (unpaired) electrons. The van der Waals surface area contributed by atoms with E-state index in [-0.39, 0.29) is 22.9 Å². The van der Waals surface area contributed by atoms with Crippen molar-refractivity contribution in [1.82, 2.24) is 24.7 Å². The van der Waals surface area contributed by atoms with Crippen molar-refractivity contribution >= 4 is 21.8 Å². The van der Waals surface area contributed by atoms with Gasteiger partial charge in [0.05, 0.1) is 11.4 Å². The van der Waals surface area contributed by atoms with Crippen LogP contribution in [0.4, 0.5) is 0 Å². The van der Waals surface area contributed by atoms with Crippen molar-refractivity contribution in [3.05, 3.63) is 65.2 Å². The quantitative estimate of drug-likeness (QED) is 0.541. The Morgan fingerprint density at radius 2 is 1.62 bits per heavy atom. The Balaban J connectivity index is 1.48. The molecule has 1 saturated heterocycles. The molecule has 0 saturated carbocycles. The van der Waals surface area contributed by atoms with Gasteiger partial charge >= 0.3 is 0 Å². The molecule has 1 fully saturated rings. The Labute approximate surface area is 201 Å². The van der Waals surface area contributed by atoms with Crippen LogP contribution in [0, 0.1) is 0 Å². The first-order valence-corrected chi connectivity index (χ1v) is 12.7. The average Bonchev–Trinajstić information content (AvgIpc) is 2.83. The highest BCUT2D eigenvalue weighted by Gasteiger charge is 2.19. The van der Waals surface area contributed by atoms with Crippen molar-refractivity contribution in [3.63, 3.8) is 0 Å². The third kappa shape index (κ3) is 7.10. The second-order valence-electron chi connectivity index (χ2n) is 8.67. The lowest BCUT2D eigenvalue weighted by Gasteiger charge is -2.32. The van der Waals surface area contributed by atoms with Gasteiger partial charge in [-0.1, -0.05) is 30.3 Å². The summed E-state index contributed by atoms with van der Waals surface area (Å²) >= 11 is 0. The largest absolute Gasteiger partial charge is 0.350 e. The molecule has 2 aromatic rings. The maximum Gasteiger partial charge on any atom is 0.251 e. The number of piperazine rings is 1. The molecule has 0 bridgehead atoms. The van der Waals surface area contributed by atoms with Gasteiger partial charge < -0.3 is 15.5 Å². The molecule has 10 heteroatoms. The summed E-state index contributed by atoms with van der Waals surface area (Å²) in [4.78, 5) is 29.4. The maximum absolute atomic E-state index is 12.4. The number of nitrogens with zero attached hydrogens (tertiary/aromatic N) is 3. The summed E-state index contributed by atoms with van der Waals surface area (Å²) in [5.74, 6) is -0.838. The topological polar surface area (TPSA) is 102 Å². The summed E-state index contributed by atoms with van der Waals surface area (Å²) in [6, 6.07) is 13.9. The number of likely N-dealkylation sites (N-methyl/N-ethyl adjacent to an activating group) is 1. The fraction of sp³-hybridized carbons (Fsp3) is 0.417. The molecule has 184 valence electrons. The van der Waals surface area contributed by atoms with Crippen LogP contribution in [0.15, 0.2) is 53.4 Å². The number of amides is 2. The molecule has 0 spiro atoms. The number of rotatable bonds is 9. The lowest BCUT2D eigenvalue weighted by molar-refractivity contribution is -0.120. The zero-order valence-corrected chi connectivity index (χ0v) is 20.8. The predicted octanol–water partition coefficient (Wildman–Crippen LogP) is 0.731. The van der Waals surface area contributed by atoms with Gasteiger partial charge in [0, 0.05) is 58.9 Å². The summed E-state index contributed by atoms with van der Waals surface area (Å²) in [7, 11) is 1.33. The summed E-state index contributed by atoms with van der Waals surface area (Å²) in [5.41, 5.74) is 2.37. The number of sulfonamides is 1. The van der Waals surface area contributed by atoms with Crippen molar-refractivity contribution in [3.8, 4) is 0 Å².